The van der Waals surface area contributed by atoms with E-state index in [1.165, 1.54) is 11.3 Å². The average molecular weight is 285 g/mol. The summed E-state index contributed by atoms with van der Waals surface area (Å²) in [5, 5.41) is 2.97. The Hall–Kier alpha value is -0.660. The van der Waals surface area contributed by atoms with E-state index in [2.05, 4.69) is 10.1 Å². The summed E-state index contributed by atoms with van der Waals surface area (Å²) in [7, 11) is 1.80. The van der Waals surface area contributed by atoms with E-state index < -0.39 is 19.0 Å². The Bertz CT molecular complexity index is 381. The number of aryl methyl sites for hydroxylation is 1. The third-order valence-corrected chi connectivity index (χ3v) is 3.39. The van der Waals surface area contributed by atoms with Crippen LogP contribution in [0, 0.1) is 6.92 Å². The third kappa shape index (κ3) is 4.22. The molecule has 18 heavy (non-hydrogen) atoms. The number of thiophene rings is 1. The number of alkyl halides is 4. The summed E-state index contributed by atoms with van der Waals surface area (Å²) in [6, 6.07) is 1.83. The molecule has 0 bridgehead atoms. The molecule has 1 heterocycles. The Labute approximate surface area is 107 Å². The van der Waals surface area contributed by atoms with Gasteiger partial charge < -0.3 is 10.1 Å². The summed E-state index contributed by atoms with van der Waals surface area (Å²) >= 11 is 1.53. The molecule has 7 heteroatoms. The van der Waals surface area contributed by atoms with E-state index in [1.807, 2.05) is 13.0 Å². The molecular weight excluding hydrogens is 270 g/mol. The Morgan fingerprint density at radius 2 is 2.11 bits per heavy atom. The van der Waals surface area contributed by atoms with Crippen molar-refractivity contribution in [3.63, 3.8) is 0 Å². The minimum absolute atomic E-state index is 0.0750. The van der Waals surface area contributed by atoms with Gasteiger partial charge in [-0.15, -0.1) is 11.3 Å². The zero-order valence-corrected chi connectivity index (χ0v) is 10.9. The first-order valence-corrected chi connectivity index (χ1v) is 6.15. The van der Waals surface area contributed by atoms with Crippen LogP contribution in [0.3, 0.4) is 0 Å². The van der Waals surface area contributed by atoms with Crippen LogP contribution in [0.1, 0.15) is 15.3 Å². The Morgan fingerprint density at radius 1 is 1.44 bits per heavy atom. The van der Waals surface area contributed by atoms with Crippen LogP contribution in [0.15, 0.2) is 6.07 Å². The first-order chi connectivity index (χ1) is 8.36. The number of hydrogen-bond donors (Lipinski definition) is 1. The molecule has 0 aromatic carbocycles. The summed E-state index contributed by atoms with van der Waals surface area (Å²) in [5.41, 5.74) is 0.760. The average Bonchev–Trinajstić information content (AvgIpc) is 2.59. The molecule has 1 aromatic heterocycles. The molecule has 0 fully saturated rings. The van der Waals surface area contributed by atoms with Gasteiger partial charge in [-0.05, 0) is 25.6 Å². The van der Waals surface area contributed by atoms with Crippen molar-refractivity contribution in [3.8, 4) is 0 Å². The maximum atomic E-state index is 12.6. The summed E-state index contributed by atoms with van der Waals surface area (Å²) < 4.78 is 53.6. The maximum Gasteiger partial charge on any atom is 0.330 e. The lowest BCUT2D eigenvalue weighted by atomic mass is 10.2. The van der Waals surface area contributed by atoms with Gasteiger partial charge in [0.05, 0.1) is 6.61 Å². The molecule has 1 rings (SSSR count). The normalized spacial score (nSPS) is 12.4. The zero-order valence-electron chi connectivity index (χ0n) is 10.1. The molecule has 0 aliphatic carbocycles. The molecule has 0 atom stereocenters. The number of halogens is 4. The van der Waals surface area contributed by atoms with E-state index in [0.29, 0.717) is 6.54 Å². The monoisotopic (exact) mass is 285 g/mol. The van der Waals surface area contributed by atoms with Crippen molar-refractivity contribution in [2.45, 2.75) is 32.4 Å². The Morgan fingerprint density at radius 3 is 2.67 bits per heavy atom. The fourth-order valence-corrected chi connectivity index (χ4v) is 2.41. The lowest BCUT2D eigenvalue weighted by Crippen LogP contribution is -2.32. The lowest BCUT2D eigenvalue weighted by Gasteiger charge is -2.14. The lowest BCUT2D eigenvalue weighted by molar-refractivity contribution is -0.168. The minimum Gasteiger partial charge on any atom is -0.370 e. The van der Waals surface area contributed by atoms with Gasteiger partial charge in [0.15, 0.2) is 0 Å². The zero-order chi connectivity index (χ0) is 13.8. The summed E-state index contributed by atoms with van der Waals surface area (Å²) in [6.07, 6.45) is -3.69. The van der Waals surface area contributed by atoms with Crippen molar-refractivity contribution in [2.24, 2.45) is 0 Å². The SMILES string of the molecule is CNCc1cc(COCC(F)(F)C(F)F)c(C)s1. The molecule has 1 aromatic rings. The van der Waals surface area contributed by atoms with Crippen molar-refractivity contribution in [3.05, 3.63) is 21.4 Å². The van der Waals surface area contributed by atoms with Gasteiger partial charge in [0.2, 0.25) is 0 Å². The molecule has 0 radical (unpaired) electrons. The van der Waals surface area contributed by atoms with Gasteiger partial charge in [0.1, 0.15) is 6.61 Å². The molecule has 0 amide bonds. The Kier molecular flexibility index (Phi) is 5.55. The second-order valence-corrected chi connectivity index (χ2v) is 5.22. The van der Waals surface area contributed by atoms with Crippen LogP contribution in [0.4, 0.5) is 17.6 Å². The summed E-state index contributed by atoms with van der Waals surface area (Å²) in [6.45, 7) is 1.18. The van der Waals surface area contributed by atoms with Gasteiger partial charge in [-0.25, -0.2) is 8.78 Å². The van der Waals surface area contributed by atoms with Crippen LogP contribution in [-0.4, -0.2) is 26.0 Å². The molecule has 2 nitrogen and oxygen atoms in total. The number of ether oxygens (including phenoxy) is 1. The third-order valence-electron chi connectivity index (χ3n) is 2.29. The second kappa shape index (κ2) is 6.49. The molecule has 0 spiro atoms. The smallest absolute Gasteiger partial charge is 0.330 e. The standard InChI is InChI=1S/C11H15F4NOS/c1-7-8(3-9(18-7)4-16-2)5-17-6-11(14,15)10(12)13/h3,10,16H,4-6H2,1-2H3. The number of hydrogen-bond acceptors (Lipinski definition) is 3. The van der Waals surface area contributed by atoms with E-state index in [1.54, 1.807) is 7.05 Å². The van der Waals surface area contributed by atoms with Crippen molar-refractivity contribution >= 4 is 11.3 Å². The molecule has 0 aliphatic rings. The van der Waals surface area contributed by atoms with Gasteiger partial charge in [-0.2, -0.15) is 8.78 Å². The first-order valence-electron chi connectivity index (χ1n) is 5.33. The van der Waals surface area contributed by atoms with Gasteiger partial charge in [-0.1, -0.05) is 0 Å². The highest BCUT2D eigenvalue weighted by atomic mass is 32.1. The van der Waals surface area contributed by atoms with E-state index in [9.17, 15) is 17.6 Å². The topological polar surface area (TPSA) is 21.3 Å². The quantitative estimate of drug-likeness (QED) is 0.777. The fourth-order valence-electron chi connectivity index (χ4n) is 1.35. The van der Waals surface area contributed by atoms with Crippen molar-refractivity contribution in [2.75, 3.05) is 13.7 Å². The maximum absolute atomic E-state index is 12.6. The highest BCUT2D eigenvalue weighted by molar-refractivity contribution is 7.12. The number of rotatable bonds is 7. The van der Waals surface area contributed by atoms with Crippen LogP contribution in [0.25, 0.3) is 0 Å². The van der Waals surface area contributed by atoms with E-state index >= 15 is 0 Å². The fraction of sp³-hybridized carbons (Fsp3) is 0.636. The predicted molar refractivity (Wildman–Crippen MR) is 62.4 cm³/mol. The summed E-state index contributed by atoms with van der Waals surface area (Å²) in [4.78, 5) is 2.00. The van der Waals surface area contributed by atoms with E-state index in [0.717, 1.165) is 15.3 Å². The molecule has 0 saturated carbocycles. The van der Waals surface area contributed by atoms with Gasteiger partial charge in [0.25, 0.3) is 0 Å². The van der Waals surface area contributed by atoms with Gasteiger partial charge in [0, 0.05) is 16.3 Å². The van der Waals surface area contributed by atoms with Crippen molar-refractivity contribution in [1.82, 2.24) is 5.32 Å². The van der Waals surface area contributed by atoms with E-state index in [-0.39, 0.29) is 6.61 Å². The predicted octanol–water partition coefficient (Wildman–Crippen LogP) is 3.19. The summed E-state index contributed by atoms with van der Waals surface area (Å²) in [5.74, 6) is -4.09. The molecule has 0 unspecified atom stereocenters. The molecule has 104 valence electrons. The van der Waals surface area contributed by atoms with Crippen LogP contribution in [-0.2, 0) is 17.9 Å². The molecule has 1 N–H and O–H groups in total. The first kappa shape index (κ1) is 15.4. The van der Waals surface area contributed by atoms with Crippen molar-refractivity contribution < 1.29 is 22.3 Å². The van der Waals surface area contributed by atoms with Gasteiger partial charge >= 0.3 is 12.3 Å². The molecule has 0 saturated heterocycles. The highest BCUT2D eigenvalue weighted by Crippen LogP contribution is 2.25. The van der Waals surface area contributed by atoms with Gasteiger partial charge in [-0.3, -0.25) is 0 Å². The Balaban J connectivity index is 2.49. The van der Waals surface area contributed by atoms with Crippen LogP contribution >= 0.6 is 11.3 Å². The van der Waals surface area contributed by atoms with Crippen molar-refractivity contribution in [1.29, 1.82) is 0 Å². The number of nitrogens with one attached hydrogen (secondary N) is 1. The van der Waals surface area contributed by atoms with Crippen LogP contribution in [0.5, 0.6) is 0 Å². The van der Waals surface area contributed by atoms with E-state index in [4.69, 9.17) is 0 Å². The second-order valence-electron chi connectivity index (χ2n) is 3.88. The van der Waals surface area contributed by atoms with Crippen LogP contribution in [0.2, 0.25) is 0 Å². The van der Waals surface area contributed by atoms with Crippen LogP contribution < -0.4 is 5.32 Å². The minimum atomic E-state index is -4.09. The highest BCUT2D eigenvalue weighted by Gasteiger charge is 2.40. The molecular formula is C11H15F4NOS. The largest absolute Gasteiger partial charge is 0.370 e. The molecule has 0 aliphatic heterocycles.